The standard InChI is InChI=1S/C25H28N4O4/c1-15(27-25(33)23-11-21(17(3)31)14-29(23)5)19-8-6-18(7-9-19)12-26-24(32)22-10-20(16(2)30)13-28(22)4/h6-11,13-15H,12H2,1-5H3,(H,26,32)(H,27,33). The highest BCUT2D eigenvalue weighted by molar-refractivity contribution is 6.00. The number of ketones is 2. The molecule has 172 valence electrons. The molecule has 0 spiro atoms. The lowest BCUT2D eigenvalue weighted by Gasteiger charge is -2.15. The van der Waals surface area contributed by atoms with Gasteiger partial charge in [-0.25, -0.2) is 0 Å². The number of hydrogen-bond acceptors (Lipinski definition) is 4. The molecule has 0 aliphatic carbocycles. The van der Waals surface area contributed by atoms with Crippen LogP contribution < -0.4 is 10.6 Å². The van der Waals surface area contributed by atoms with Gasteiger partial charge in [0, 0.05) is 44.2 Å². The highest BCUT2D eigenvalue weighted by Crippen LogP contribution is 2.16. The zero-order valence-corrected chi connectivity index (χ0v) is 19.4. The summed E-state index contributed by atoms with van der Waals surface area (Å²) >= 11 is 0. The van der Waals surface area contributed by atoms with Gasteiger partial charge in [-0.3, -0.25) is 19.2 Å². The minimum atomic E-state index is -0.263. The summed E-state index contributed by atoms with van der Waals surface area (Å²) in [6.45, 7) is 5.14. The van der Waals surface area contributed by atoms with E-state index < -0.39 is 0 Å². The van der Waals surface area contributed by atoms with E-state index in [0.29, 0.717) is 29.1 Å². The first kappa shape index (κ1) is 23.7. The van der Waals surface area contributed by atoms with Crippen molar-refractivity contribution in [1.29, 1.82) is 0 Å². The largest absolute Gasteiger partial charge is 0.347 e. The van der Waals surface area contributed by atoms with E-state index in [9.17, 15) is 19.2 Å². The molecule has 2 amide bonds. The van der Waals surface area contributed by atoms with Crippen LogP contribution in [-0.2, 0) is 20.6 Å². The van der Waals surface area contributed by atoms with Crippen molar-refractivity contribution >= 4 is 23.4 Å². The molecule has 0 aliphatic heterocycles. The Hall–Kier alpha value is -3.94. The van der Waals surface area contributed by atoms with Crippen molar-refractivity contribution in [3.8, 4) is 0 Å². The average molecular weight is 449 g/mol. The lowest BCUT2D eigenvalue weighted by molar-refractivity contribution is 0.0926. The second kappa shape index (κ2) is 9.68. The van der Waals surface area contributed by atoms with Gasteiger partial charge in [0.2, 0.25) is 0 Å². The zero-order chi connectivity index (χ0) is 24.3. The molecule has 0 aliphatic rings. The van der Waals surface area contributed by atoms with Crippen LogP contribution in [0.3, 0.4) is 0 Å². The first-order valence-electron chi connectivity index (χ1n) is 10.6. The summed E-state index contributed by atoms with van der Waals surface area (Å²) in [6.07, 6.45) is 3.28. The second-order valence-corrected chi connectivity index (χ2v) is 8.18. The Kier molecular flexibility index (Phi) is 6.96. The molecule has 1 unspecified atom stereocenters. The molecule has 0 saturated carbocycles. The molecule has 1 aromatic carbocycles. The summed E-state index contributed by atoms with van der Waals surface area (Å²) in [6, 6.07) is 10.5. The topological polar surface area (TPSA) is 102 Å². The molecular formula is C25H28N4O4. The van der Waals surface area contributed by atoms with Gasteiger partial charge in [0.15, 0.2) is 11.6 Å². The van der Waals surface area contributed by atoms with Crippen LogP contribution >= 0.6 is 0 Å². The molecule has 2 aromatic heterocycles. The van der Waals surface area contributed by atoms with Gasteiger partial charge in [-0.05, 0) is 44.0 Å². The minimum absolute atomic E-state index is 0.0899. The minimum Gasteiger partial charge on any atom is -0.347 e. The fraction of sp³-hybridized carbons (Fsp3) is 0.280. The van der Waals surface area contributed by atoms with E-state index in [2.05, 4.69) is 10.6 Å². The van der Waals surface area contributed by atoms with E-state index >= 15 is 0 Å². The molecular weight excluding hydrogens is 420 g/mol. The van der Waals surface area contributed by atoms with Gasteiger partial charge in [0.25, 0.3) is 11.8 Å². The number of aryl methyl sites for hydroxylation is 2. The first-order chi connectivity index (χ1) is 15.6. The SMILES string of the molecule is CC(=O)c1cc(C(=O)NCc2ccc(C(C)NC(=O)c3cc(C(C)=O)cn3C)cc2)n(C)c1. The van der Waals surface area contributed by atoms with Gasteiger partial charge in [-0.15, -0.1) is 0 Å². The smallest absolute Gasteiger partial charge is 0.268 e. The predicted octanol–water partition coefficient (Wildman–Crippen LogP) is 3.19. The molecule has 0 radical (unpaired) electrons. The zero-order valence-electron chi connectivity index (χ0n) is 19.4. The van der Waals surface area contributed by atoms with Crippen molar-refractivity contribution in [3.63, 3.8) is 0 Å². The third-order valence-electron chi connectivity index (χ3n) is 5.57. The Bertz CT molecular complexity index is 1220. The van der Waals surface area contributed by atoms with Crippen LogP contribution in [0.25, 0.3) is 0 Å². The maximum absolute atomic E-state index is 12.6. The number of amides is 2. The first-order valence-corrected chi connectivity index (χ1v) is 10.6. The van der Waals surface area contributed by atoms with Crippen LogP contribution in [0, 0.1) is 0 Å². The van der Waals surface area contributed by atoms with Gasteiger partial charge in [0.05, 0.1) is 6.04 Å². The van der Waals surface area contributed by atoms with Gasteiger partial charge in [-0.1, -0.05) is 24.3 Å². The van der Waals surface area contributed by atoms with Crippen LogP contribution in [0.4, 0.5) is 0 Å². The van der Waals surface area contributed by atoms with E-state index in [1.807, 2.05) is 31.2 Å². The van der Waals surface area contributed by atoms with E-state index in [0.717, 1.165) is 11.1 Å². The highest BCUT2D eigenvalue weighted by atomic mass is 16.2. The number of hydrogen-bond donors (Lipinski definition) is 2. The van der Waals surface area contributed by atoms with E-state index in [1.165, 1.54) is 13.8 Å². The van der Waals surface area contributed by atoms with Crippen LogP contribution in [0.2, 0.25) is 0 Å². The maximum Gasteiger partial charge on any atom is 0.268 e. The number of aromatic nitrogens is 2. The van der Waals surface area contributed by atoms with Gasteiger partial charge in [0.1, 0.15) is 11.4 Å². The normalized spacial score (nSPS) is 11.7. The Morgan fingerprint density at radius 3 is 1.76 bits per heavy atom. The Balaban J connectivity index is 1.59. The molecule has 1 atom stereocenters. The summed E-state index contributed by atoms with van der Waals surface area (Å²) in [7, 11) is 3.45. The lowest BCUT2D eigenvalue weighted by Crippen LogP contribution is -2.28. The summed E-state index contributed by atoms with van der Waals surface area (Å²) < 4.78 is 3.27. The second-order valence-electron chi connectivity index (χ2n) is 8.18. The Labute approximate surface area is 192 Å². The number of Topliss-reactive ketones (excluding diaryl/α,β-unsaturated/α-hetero) is 2. The van der Waals surface area contributed by atoms with Crippen LogP contribution in [0.15, 0.2) is 48.8 Å². The summed E-state index contributed by atoms with van der Waals surface area (Å²) in [5.41, 5.74) is 3.64. The molecule has 8 heteroatoms. The van der Waals surface area contributed by atoms with Crippen molar-refractivity contribution in [2.45, 2.75) is 33.4 Å². The van der Waals surface area contributed by atoms with Crippen molar-refractivity contribution in [2.24, 2.45) is 14.1 Å². The number of nitrogens with zero attached hydrogens (tertiary/aromatic N) is 2. The molecule has 0 bridgehead atoms. The van der Waals surface area contributed by atoms with E-state index in [4.69, 9.17) is 0 Å². The number of carbonyl (C=O) groups excluding carboxylic acids is 4. The monoisotopic (exact) mass is 448 g/mol. The van der Waals surface area contributed by atoms with Gasteiger partial charge in [-0.2, -0.15) is 0 Å². The maximum atomic E-state index is 12.6. The molecule has 0 saturated heterocycles. The van der Waals surface area contributed by atoms with Crippen molar-refractivity contribution in [2.75, 3.05) is 0 Å². The molecule has 2 heterocycles. The Morgan fingerprint density at radius 2 is 1.30 bits per heavy atom. The number of carbonyl (C=O) groups is 4. The van der Waals surface area contributed by atoms with E-state index in [-0.39, 0.29) is 29.4 Å². The quantitative estimate of drug-likeness (QED) is 0.517. The third-order valence-corrected chi connectivity index (χ3v) is 5.57. The van der Waals surface area contributed by atoms with E-state index in [1.54, 1.807) is 47.8 Å². The fourth-order valence-electron chi connectivity index (χ4n) is 3.52. The summed E-state index contributed by atoms with van der Waals surface area (Å²) in [5.74, 6) is -0.705. The van der Waals surface area contributed by atoms with Crippen molar-refractivity contribution in [3.05, 3.63) is 82.4 Å². The lowest BCUT2D eigenvalue weighted by atomic mass is 10.1. The molecule has 8 nitrogen and oxygen atoms in total. The highest BCUT2D eigenvalue weighted by Gasteiger charge is 2.17. The molecule has 2 N–H and O–H groups in total. The van der Waals surface area contributed by atoms with Crippen LogP contribution in [-0.4, -0.2) is 32.5 Å². The molecule has 3 aromatic rings. The summed E-state index contributed by atoms with van der Waals surface area (Å²) in [4.78, 5) is 48.1. The fourth-order valence-corrected chi connectivity index (χ4v) is 3.52. The summed E-state index contributed by atoms with van der Waals surface area (Å²) in [5, 5.41) is 5.80. The van der Waals surface area contributed by atoms with Crippen LogP contribution in [0.1, 0.15) is 79.6 Å². The molecule has 0 fully saturated rings. The van der Waals surface area contributed by atoms with Gasteiger partial charge >= 0.3 is 0 Å². The van der Waals surface area contributed by atoms with Crippen LogP contribution in [0.5, 0.6) is 0 Å². The number of nitrogens with one attached hydrogen (secondary N) is 2. The average Bonchev–Trinajstić information content (AvgIpc) is 3.35. The molecule has 3 rings (SSSR count). The Morgan fingerprint density at radius 1 is 0.818 bits per heavy atom. The van der Waals surface area contributed by atoms with Crippen molar-refractivity contribution in [1.82, 2.24) is 19.8 Å². The molecule has 33 heavy (non-hydrogen) atoms. The predicted molar refractivity (Wildman–Crippen MR) is 124 cm³/mol. The third kappa shape index (κ3) is 5.46. The number of benzene rings is 1. The van der Waals surface area contributed by atoms with Gasteiger partial charge < -0.3 is 19.8 Å². The number of rotatable bonds is 8. The van der Waals surface area contributed by atoms with Crippen molar-refractivity contribution < 1.29 is 19.2 Å².